The first-order valence-corrected chi connectivity index (χ1v) is 4.13. The van der Waals surface area contributed by atoms with Gasteiger partial charge in [-0.05, 0) is 35.4 Å². The van der Waals surface area contributed by atoms with Crippen molar-refractivity contribution < 1.29 is 0 Å². The molecule has 0 radical (unpaired) electrons. The summed E-state index contributed by atoms with van der Waals surface area (Å²) in [6.45, 7) is 0. The zero-order valence-corrected chi connectivity index (χ0v) is 7.08. The van der Waals surface area contributed by atoms with Gasteiger partial charge in [0.15, 0.2) is 0 Å². The van der Waals surface area contributed by atoms with E-state index in [9.17, 15) is 0 Å². The minimum atomic E-state index is 0.779. The normalized spacial score (nSPS) is 18.3. The van der Waals surface area contributed by atoms with Crippen LogP contribution in [0, 0.1) is 3.70 Å². The molecule has 0 atom stereocenters. The predicted octanol–water partition coefficient (Wildman–Crippen LogP) is 1.82. The molecule has 2 rings (SSSR count). The van der Waals surface area contributed by atoms with Gasteiger partial charge in [0.25, 0.3) is 0 Å². The van der Waals surface area contributed by atoms with E-state index in [1.807, 2.05) is 6.33 Å². The molecule has 3 heteroatoms. The molecule has 1 aromatic rings. The average molecular weight is 234 g/mol. The maximum Gasteiger partial charge on any atom is 0.119 e. The Bertz CT molecular complexity index is 215. The van der Waals surface area contributed by atoms with Crippen molar-refractivity contribution in [3.05, 3.63) is 16.2 Å². The summed E-state index contributed by atoms with van der Waals surface area (Å²) in [6, 6.07) is 0.779. The van der Waals surface area contributed by atoms with E-state index in [0.717, 1.165) is 9.74 Å². The highest BCUT2D eigenvalue weighted by Crippen LogP contribution is 2.34. The van der Waals surface area contributed by atoms with Crippen LogP contribution in [0.3, 0.4) is 0 Å². The number of halogens is 1. The maximum atomic E-state index is 4.13. The van der Waals surface area contributed by atoms with E-state index in [-0.39, 0.29) is 0 Å². The highest BCUT2D eigenvalue weighted by Gasteiger charge is 2.22. The third kappa shape index (κ3) is 1.10. The summed E-state index contributed by atoms with van der Waals surface area (Å²) in [7, 11) is 0. The zero-order chi connectivity index (χ0) is 6.27. The fraction of sp³-hybridized carbons (Fsp3) is 0.500. The molecule has 0 N–H and O–H groups in total. The van der Waals surface area contributed by atoms with Gasteiger partial charge in [0.2, 0.25) is 0 Å². The van der Waals surface area contributed by atoms with Gasteiger partial charge in [0, 0.05) is 12.2 Å². The molecular weight excluding hydrogens is 227 g/mol. The van der Waals surface area contributed by atoms with Gasteiger partial charge in [0.1, 0.15) is 3.70 Å². The molecular formula is C6H7IN2. The first kappa shape index (κ1) is 5.70. The molecule has 1 aliphatic rings. The Kier molecular flexibility index (Phi) is 1.25. The van der Waals surface area contributed by atoms with Crippen LogP contribution in [0.5, 0.6) is 0 Å². The van der Waals surface area contributed by atoms with Gasteiger partial charge in [-0.15, -0.1) is 0 Å². The molecule has 9 heavy (non-hydrogen) atoms. The Hall–Kier alpha value is -0.0600. The number of hydrogen-bond donors (Lipinski definition) is 0. The predicted molar refractivity (Wildman–Crippen MR) is 43.2 cm³/mol. The van der Waals surface area contributed by atoms with Crippen molar-refractivity contribution in [2.24, 2.45) is 0 Å². The van der Waals surface area contributed by atoms with Crippen LogP contribution in [0.15, 0.2) is 12.5 Å². The summed E-state index contributed by atoms with van der Waals surface area (Å²) >= 11 is 2.23. The Morgan fingerprint density at radius 3 is 2.89 bits per heavy atom. The summed E-state index contributed by atoms with van der Waals surface area (Å²) < 4.78 is 3.29. The molecule has 1 fully saturated rings. The highest BCUT2D eigenvalue weighted by molar-refractivity contribution is 14.1. The second-order valence-electron chi connectivity index (χ2n) is 2.37. The van der Waals surface area contributed by atoms with Crippen molar-refractivity contribution >= 4 is 22.6 Å². The van der Waals surface area contributed by atoms with Crippen molar-refractivity contribution in [3.63, 3.8) is 0 Å². The van der Waals surface area contributed by atoms with Crippen LogP contribution in [0.25, 0.3) is 0 Å². The van der Waals surface area contributed by atoms with E-state index < -0.39 is 0 Å². The van der Waals surface area contributed by atoms with Crippen LogP contribution in [0.2, 0.25) is 0 Å². The quantitative estimate of drug-likeness (QED) is 0.677. The molecule has 0 aliphatic heterocycles. The van der Waals surface area contributed by atoms with Crippen molar-refractivity contribution in [3.8, 4) is 0 Å². The topological polar surface area (TPSA) is 17.8 Å². The summed E-state index contributed by atoms with van der Waals surface area (Å²) in [5.74, 6) is 0. The number of rotatable bonds is 1. The van der Waals surface area contributed by atoms with Gasteiger partial charge in [-0.1, -0.05) is 0 Å². The second kappa shape index (κ2) is 1.97. The third-order valence-corrected chi connectivity index (χ3v) is 2.10. The van der Waals surface area contributed by atoms with Crippen molar-refractivity contribution in [2.45, 2.75) is 18.9 Å². The first-order valence-electron chi connectivity index (χ1n) is 3.05. The fourth-order valence-electron chi connectivity index (χ4n) is 0.884. The lowest BCUT2D eigenvalue weighted by Gasteiger charge is -1.91. The monoisotopic (exact) mass is 234 g/mol. The molecule has 0 amide bonds. The Labute approximate surface area is 67.4 Å². The van der Waals surface area contributed by atoms with Gasteiger partial charge >= 0.3 is 0 Å². The van der Waals surface area contributed by atoms with Gasteiger partial charge < -0.3 is 4.57 Å². The molecule has 1 heterocycles. The van der Waals surface area contributed by atoms with Crippen molar-refractivity contribution in [1.29, 1.82) is 0 Å². The van der Waals surface area contributed by atoms with Crippen LogP contribution in [-0.4, -0.2) is 9.55 Å². The zero-order valence-electron chi connectivity index (χ0n) is 4.92. The first-order chi connectivity index (χ1) is 4.36. The summed E-state index contributed by atoms with van der Waals surface area (Å²) in [4.78, 5) is 4.13. The second-order valence-corrected chi connectivity index (χ2v) is 3.48. The van der Waals surface area contributed by atoms with Crippen LogP contribution in [0.4, 0.5) is 0 Å². The van der Waals surface area contributed by atoms with E-state index in [0.29, 0.717) is 0 Å². The molecule has 0 aromatic carbocycles. The minimum Gasteiger partial charge on any atom is -0.333 e. The fourth-order valence-corrected chi connectivity index (χ4v) is 1.33. The van der Waals surface area contributed by atoms with E-state index in [2.05, 4.69) is 38.3 Å². The standard InChI is InChI=1S/C6H7IN2/c7-6-3-9(4-8-6)5-1-2-5/h3-5H,1-2H2. The highest BCUT2D eigenvalue weighted by atomic mass is 127. The van der Waals surface area contributed by atoms with Crippen molar-refractivity contribution in [1.82, 2.24) is 9.55 Å². The molecule has 2 nitrogen and oxygen atoms in total. The van der Waals surface area contributed by atoms with Crippen LogP contribution in [-0.2, 0) is 0 Å². The molecule has 1 aromatic heterocycles. The molecule has 1 saturated carbocycles. The number of nitrogens with zero attached hydrogens (tertiary/aromatic N) is 2. The van der Waals surface area contributed by atoms with Crippen molar-refractivity contribution in [2.75, 3.05) is 0 Å². The Morgan fingerprint density at radius 1 is 1.67 bits per heavy atom. The molecule has 0 bridgehead atoms. The molecule has 48 valence electrons. The summed E-state index contributed by atoms with van der Waals surface area (Å²) in [5, 5.41) is 0. The van der Waals surface area contributed by atoms with Gasteiger partial charge in [-0.3, -0.25) is 0 Å². The SMILES string of the molecule is Ic1cn(C2CC2)cn1. The minimum absolute atomic E-state index is 0.779. The molecule has 0 spiro atoms. The van der Waals surface area contributed by atoms with Crippen LogP contribution < -0.4 is 0 Å². The van der Waals surface area contributed by atoms with Gasteiger partial charge in [0.05, 0.1) is 6.33 Å². The Balaban J connectivity index is 2.28. The lowest BCUT2D eigenvalue weighted by atomic mass is 10.7. The number of imidazole rings is 1. The molecule has 0 saturated heterocycles. The van der Waals surface area contributed by atoms with E-state index in [4.69, 9.17) is 0 Å². The molecule has 0 unspecified atom stereocenters. The largest absolute Gasteiger partial charge is 0.333 e. The third-order valence-electron chi connectivity index (χ3n) is 1.54. The van der Waals surface area contributed by atoms with Crippen LogP contribution >= 0.6 is 22.6 Å². The smallest absolute Gasteiger partial charge is 0.119 e. The maximum absolute atomic E-state index is 4.13. The average Bonchev–Trinajstić information content (AvgIpc) is 2.58. The van der Waals surface area contributed by atoms with E-state index >= 15 is 0 Å². The lowest BCUT2D eigenvalue weighted by Crippen LogP contribution is -1.86. The molecule has 1 aliphatic carbocycles. The van der Waals surface area contributed by atoms with E-state index in [1.165, 1.54) is 12.8 Å². The van der Waals surface area contributed by atoms with Gasteiger partial charge in [-0.2, -0.15) is 0 Å². The summed E-state index contributed by atoms with van der Waals surface area (Å²) in [5.41, 5.74) is 0. The van der Waals surface area contributed by atoms with Crippen LogP contribution in [0.1, 0.15) is 18.9 Å². The Morgan fingerprint density at radius 2 is 2.44 bits per heavy atom. The van der Waals surface area contributed by atoms with E-state index in [1.54, 1.807) is 0 Å². The number of hydrogen-bond acceptors (Lipinski definition) is 1. The number of aromatic nitrogens is 2. The van der Waals surface area contributed by atoms with Gasteiger partial charge in [-0.25, -0.2) is 4.98 Å². The summed E-state index contributed by atoms with van der Waals surface area (Å²) in [6.07, 6.45) is 6.69. The lowest BCUT2D eigenvalue weighted by molar-refractivity contribution is 0.740.